The third-order valence-corrected chi connectivity index (χ3v) is 7.57. The first-order valence-electron chi connectivity index (χ1n) is 9.82. The van der Waals surface area contributed by atoms with Gasteiger partial charge in [0.1, 0.15) is 5.67 Å². The Morgan fingerprint density at radius 1 is 0.783 bits per heavy atom. The van der Waals surface area contributed by atoms with E-state index in [1.807, 2.05) is 0 Å². The standard InChI is InChI=1S/C22H41F/c1-19(2,3)18-12-16(18)14-20(4,5)17-10-15(11-17)13-21(6,7)22(8,9)23/h15-18H,10-14H2,1-9H3. The van der Waals surface area contributed by atoms with Crippen LogP contribution in [-0.2, 0) is 0 Å². The molecule has 0 spiro atoms. The van der Waals surface area contributed by atoms with Gasteiger partial charge in [0.25, 0.3) is 0 Å². The summed E-state index contributed by atoms with van der Waals surface area (Å²) in [6.45, 7) is 19.8. The Labute approximate surface area is 145 Å². The maximum Gasteiger partial charge on any atom is 0.110 e. The molecule has 1 heteroatoms. The van der Waals surface area contributed by atoms with Crippen LogP contribution in [-0.4, -0.2) is 5.67 Å². The van der Waals surface area contributed by atoms with Crippen LogP contribution in [0.4, 0.5) is 4.39 Å². The summed E-state index contributed by atoms with van der Waals surface area (Å²) in [7, 11) is 0. The summed E-state index contributed by atoms with van der Waals surface area (Å²) in [6.07, 6.45) is 6.51. The number of hydrogen-bond donors (Lipinski definition) is 0. The molecule has 136 valence electrons. The van der Waals surface area contributed by atoms with Gasteiger partial charge in [0.05, 0.1) is 0 Å². The van der Waals surface area contributed by atoms with Crippen molar-refractivity contribution in [3.8, 4) is 0 Å². The maximum absolute atomic E-state index is 14.4. The number of alkyl halides is 1. The summed E-state index contributed by atoms with van der Waals surface area (Å²) in [6, 6.07) is 0. The third-order valence-electron chi connectivity index (χ3n) is 7.57. The molecule has 0 aromatic carbocycles. The van der Waals surface area contributed by atoms with Gasteiger partial charge in [-0.05, 0) is 85.9 Å². The molecule has 0 nitrogen and oxygen atoms in total. The Balaban J connectivity index is 1.80. The Bertz CT molecular complexity index is 412. The predicted molar refractivity (Wildman–Crippen MR) is 99.2 cm³/mol. The van der Waals surface area contributed by atoms with E-state index in [1.54, 1.807) is 13.8 Å². The lowest BCUT2D eigenvalue weighted by atomic mass is 9.56. The van der Waals surface area contributed by atoms with E-state index in [0.717, 1.165) is 30.1 Å². The van der Waals surface area contributed by atoms with Crippen molar-refractivity contribution < 1.29 is 4.39 Å². The van der Waals surface area contributed by atoms with Gasteiger partial charge in [-0.3, -0.25) is 0 Å². The Hall–Kier alpha value is -0.0700. The van der Waals surface area contributed by atoms with Crippen molar-refractivity contribution in [2.75, 3.05) is 0 Å². The number of rotatable bonds is 6. The molecule has 2 saturated carbocycles. The van der Waals surface area contributed by atoms with Crippen LogP contribution >= 0.6 is 0 Å². The molecule has 2 aliphatic rings. The minimum atomic E-state index is -1.08. The predicted octanol–water partition coefficient (Wildman–Crippen LogP) is 7.28. The van der Waals surface area contributed by atoms with E-state index >= 15 is 0 Å². The SMILES string of the molecule is CC(C)(C)C1CC1CC(C)(C)C1CC(CC(C)(C)C(C)(C)F)C1. The second-order valence-corrected chi connectivity index (χ2v) is 11.8. The first-order chi connectivity index (χ1) is 10.1. The van der Waals surface area contributed by atoms with Crippen molar-refractivity contribution in [3.05, 3.63) is 0 Å². The summed E-state index contributed by atoms with van der Waals surface area (Å²) in [5.41, 5.74) is -0.335. The van der Waals surface area contributed by atoms with Crippen LogP contribution in [0, 0.1) is 39.9 Å². The summed E-state index contributed by atoms with van der Waals surface area (Å²) in [5, 5.41) is 0. The monoisotopic (exact) mass is 324 g/mol. The fourth-order valence-electron chi connectivity index (χ4n) is 4.88. The van der Waals surface area contributed by atoms with Crippen LogP contribution in [0.1, 0.15) is 94.4 Å². The highest BCUT2D eigenvalue weighted by Gasteiger charge is 2.50. The van der Waals surface area contributed by atoms with Crippen molar-refractivity contribution in [2.24, 2.45) is 39.9 Å². The van der Waals surface area contributed by atoms with E-state index in [4.69, 9.17) is 0 Å². The van der Waals surface area contributed by atoms with Crippen LogP contribution in [0.25, 0.3) is 0 Å². The van der Waals surface area contributed by atoms with Gasteiger partial charge in [0, 0.05) is 0 Å². The van der Waals surface area contributed by atoms with E-state index in [9.17, 15) is 4.39 Å². The lowest BCUT2D eigenvalue weighted by Crippen LogP contribution is -2.42. The van der Waals surface area contributed by atoms with Crippen LogP contribution in [0.5, 0.6) is 0 Å². The zero-order valence-electron chi connectivity index (χ0n) is 17.2. The molecule has 2 rings (SSSR count). The minimum Gasteiger partial charge on any atom is -0.244 e. The quantitative estimate of drug-likeness (QED) is 0.481. The largest absolute Gasteiger partial charge is 0.244 e. The second kappa shape index (κ2) is 5.73. The molecule has 0 amide bonds. The van der Waals surface area contributed by atoms with Crippen LogP contribution in [0.15, 0.2) is 0 Å². The van der Waals surface area contributed by atoms with Crippen LogP contribution < -0.4 is 0 Å². The number of hydrogen-bond acceptors (Lipinski definition) is 0. The summed E-state index contributed by atoms with van der Waals surface area (Å²) in [4.78, 5) is 0. The van der Waals surface area contributed by atoms with Crippen LogP contribution in [0.2, 0.25) is 0 Å². The zero-order valence-corrected chi connectivity index (χ0v) is 17.2. The molecule has 23 heavy (non-hydrogen) atoms. The van der Waals surface area contributed by atoms with Gasteiger partial charge in [-0.25, -0.2) is 4.39 Å². The topological polar surface area (TPSA) is 0 Å². The number of halogens is 1. The highest BCUT2D eigenvalue weighted by molar-refractivity contribution is 5.00. The average molecular weight is 325 g/mol. The van der Waals surface area contributed by atoms with Gasteiger partial charge >= 0.3 is 0 Å². The smallest absolute Gasteiger partial charge is 0.110 e. The Morgan fingerprint density at radius 2 is 1.30 bits per heavy atom. The van der Waals surface area contributed by atoms with Crippen molar-refractivity contribution >= 4 is 0 Å². The van der Waals surface area contributed by atoms with Crippen LogP contribution in [0.3, 0.4) is 0 Å². The highest BCUT2D eigenvalue weighted by atomic mass is 19.1. The molecular formula is C22H41F. The van der Waals surface area contributed by atoms with E-state index in [2.05, 4.69) is 48.5 Å². The highest BCUT2D eigenvalue weighted by Crippen LogP contribution is 2.59. The molecule has 0 aliphatic heterocycles. The molecule has 2 fully saturated rings. The molecular weight excluding hydrogens is 283 g/mol. The molecule has 0 saturated heterocycles. The molecule has 0 radical (unpaired) electrons. The fraction of sp³-hybridized carbons (Fsp3) is 1.00. The van der Waals surface area contributed by atoms with E-state index in [-0.39, 0.29) is 5.41 Å². The van der Waals surface area contributed by atoms with E-state index in [0.29, 0.717) is 10.8 Å². The maximum atomic E-state index is 14.4. The second-order valence-electron chi connectivity index (χ2n) is 11.8. The van der Waals surface area contributed by atoms with Crippen molar-refractivity contribution in [1.82, 2.24) is 0 Å². The average Bonchev–Trinajstić information content (AvgIpc) is 2.98. The van der Waals surface area contributed by atoms with Gasteiger partial charge in [0.2, 0.25) is 0 Å². The summed E-state index contributed by atoms with van der Waals surface area (Å²) < 4.78 is 14.4. The van der Waals surface area contributed by atoms with Crippen molar-refractivity contribution in [3.63, 3.8) is 0 Å². The molecule has 0 aromatic heterocycles. The van der Waals surface area contributed by atoms with Crippen molar-refractivity contribution in [1.29, 1.82) is 0 Å². The molecule has 2 atom stereocenters. The lowest BCUT2D eigenvalue weighted by Gasteiger charge is -2.49. The molecule has 0 N–H and O–H groups in total. The minimum absolute atomic E-state index is 0.208. The van der Waals surface area contributed by atoms with Crippen molar-refractivity contribution in [2.45, 2.75) is 100 Å². The van der Waals surface area contributed by atoms with E-state index in [1.165, 1.54) is 25.7 Å². The molecule has 2 aliphatic carbocycles. The Morgan fingerprint density at radius 3 is 1.70 bits per heavy atom. The Kier molecular flexibility index (Phi) is 4.80. The van der Waals surface area contributed by atoms with Gasteiger partial charge in [-0.2, -0.15) is 0 Å². The first kappa shape index (κ1) is 19.3. The molecule has 0 bridgehead atoms. The summed E-state index contributed by atoms with van der Waals surface area (Å²) in [5.74, 6) is 3.48. The third kappa shape index (κ3) is 4.31. The normalized spacial score (nSPS) is 32.6. The zero-order chi connectivity index (χ0) is 17.8. The van der Waals surface area contributed by atoms with Gasteiger partial charge in [-0.15, -0.1) is 0 Å². The molecule has 0 heterocycles. The van der Waals surface area contributed by atoms with Gasteiger partial charge in [-0.1, -0.05) is 48.5 Å². The molecule has 2 unspecified atom stereocenters. The first-order valence-corrected chi connectivity index (χ1v) is 9.82. The lowest BCUT2D eigenvalue weighted by molar-refractivity contribution is -0.0192. The van der Waals surface area contributed by atoms with Gasteiger partial charge in [0.15, 0.2) is 0 Å². The van der Waals surface area contributed by atoms with Gasteiger partial charge < -0.3 is 0 Å². The summed E-state index contributed by atoms with van der Waals surface area (Å²) >= 11 is 0. The van der Waals surface area contributed by atoms with E-state index < -0.39 is 5.67 Å². The fourth-order valence-corrected chi connectivity index (χ4v) is 4.88. The molecule has 0 aromatic rings.